The highest BCUT2D eigenvalue weighted by Crippen LogP contribution is 2.32. The number of hydrogen-bond donors (Lipinski definition) is 0. The third-order valence-corrected chi connectivity index (χ3v) is 5.59. The molecular formula is C23H29FN6O2. The summed E-state index contributed by atoms with van der Waals surface area (Å²) in [5, 5.41) is 0.892. The second-order valence-corrected chi connectivity index (χ2v) is 9.39. The Balaban J connectivity index is 1.68. The van der Waals surface area contributed by atoms with Crippen LogP contribution in [-0.4, -0.2) is 61.3 Å². The molecule has 4 rings (SSSR count). The summed E-state index contributed by atoms with van der Waals surface area (Å²) in [5.74, 6) is 0.902. The van der Waals surface area contributed by atoms with Gasteiger partial charge >= 0.3 is 6.09 Å². The van der Waals surface area contributed by atoms with Crippen molar-refractivity contribution >= 4 is 22.9 Å². The van der Waals surface area contributed by atoms with Crippen LogP contribution in [0.25, 0.3) is 16.9 Å². The minimum Gasteiger partial charge on any atom is -0.444 e. The fourth-order valence-corrected chi connectivity index (χ4v) is 4.14. The van der Waals surface area contributed by atoms with Crippen LogP contribution >= 0.6 is 0 Å². The van der Waals surface area contributed by atoms with Crippen LogP contribution in [0.15, 0.2) is 30.9 Å². The summed E-state index contributed by atoms with van der Waals surface area (Å²) in [7, 11) is 0. The molecule has 1 fully saturated rings. The number of aryl methyl sites for hydroxylation is 1. The maximum absolute atomic E-state index is 13.8. The standard InChI is InChI=1S/C23H29FN6O2/c1-14-10-30(18-9-17(24)7-8-25-18)21-19(14)20(26-13-27-21)28-11-16(3)29(12-15(28)2)22(31)32-23(4,5)6/h7-10,13,15-16H,11-12H2,1-6H3/t15-,16+/m0/s1. The summed E-state index contributed by atoms with van der Waals surface area (Å²) in [6.45, 7) is 12.8. The predicted octanol–water partition coefficient (Wildman–Crippen LogP) is 4.10. The molecule has 8 nitrogen and oxygen atoms in total. The maximum atomic E-state index is 13.8. The Morgan fingerprint density at radius 3 is 2.59 bits per heavy atom. The first-order valence-electron chi connectivity index (χ1n) is 10.8. The molecule has 170 valence electrons. The number of carbonyl (C=O) groups is 1. The summed E-state index contributed by atoms with van der Waals surface area (Å²) in [6.07, 6.45) is 4.55. The summed E-state index contributed by atoms with van der Waals surface area (Å²) >= 11 is 0. The van der Waals surface area contributed by atoms with E-state index in [1.165, 1.54) is 24.7 Å². The zero-order chi connectivity index (χ0) is 23.2. The van der Waals surface area contributed by atoms with Gasteiger partial charge in [0, 0.05) is 43.6 Å². The van der Waals surface area contributed by atoms with E-state index in [2.05, 4.69) is 26.8 Å². The lowest BCUT2D eigenvalue weighted by molar-refractivity contribution is 0.0130. The van der Waals surface area contributed by atoms with Crippen molar-refractivity contribution in [3.8, 4) is 5.82 Å². The predicted molar refractivity (Wildman–Crippen MR) is 121 cm³/mol. The van der Waals surface area contributed by atoms with E-state index < -0.39 is 5.60 Å². The molecule has 0 aromatic carbocycles. The minimum atomic E-state index is -0.541. The lowest BCUT2D eigenvalue weighted by Crippen LogP contribution is -2.59. The van der Waals surface area contributed by atoms with Crippen LogP contribution in [0, 0.1) is 12.7 Å². The smallest absolute Gasteiger partial charge is 0.410 e. The van der Waals surface area contributed by atoms with Gasteiger partial charge in [-0.25, -0.2) is 24.1 Å². The van der Waals surface area contributed by atoms with Crippen LogP contribution in [0.1, 0.15) is 40.2 Å². The highest BCUT2D eigenvalue weighted by molar-refractivity contribution is 5.92. The lowest BCUT2D eigenvalue weighted by atomic mass is 10.1. The number of halogens is 1. The Bertz CT molecular complexity index is 1160. The molecule has 32 heavy (non-hydrogen) atoms. The zero-order valence-corrected chi connectivity index (χ0v) is 19.3. The molecule has 1 aliphatic heterocycles. The Hall–Kier alpha value is -3.23. The monoisotopic (exact) mass is 440 g/mol. The van der Waals surface area contributed by atoms with Gasteiger partial charge in [-0.3, -0.25) is 4.57 Å². The summed E-state index contributed by atoms with van der Waals surface area (Å²) in [5.41, 5.74) is 1.09. The van der Waals surface area contributed by atoms with Gasteiger partial charge < -0.3 is 14.5 Å². The molecule has 0 aliphatic carbocycles. The van der Waals surface area contributed by atoms with Crippen LogP contribution in [0.5, 0.6) is 0 Å². The molecule has 2 atom stereocenters. The van der Waals surface area contributed by atoms with Crippen LogP contribution < -0.4 is 4.90 Å². The van der Waals surface area contributed by atoms with Crippen molar-refractivity contribution in [2.45, 2.75) is 59.2 Å². The third kappa shape index (κ3) is 4.11. The van der Waals surface area contributed by atoms with Crippen LogP contribution in [0.3, 0.4) is 0 Å². The Morgan fingerprint density at radius 2 is 1.91 bits per heavy atom. The number of anilines is 1. The van der Waals surface area contributed by atoms with Gasteiger partial charge in [-0.05, 0) is 53.2 Å². The van der Waals surface area contributed by atoms with Crippen molar-refractivity contribution < 1.29 is 13.9 Å². The first kappa shape index (κ1) is 22.0. The van der Waals surface area contributed by atoms with E-state index in [0.29, 0.717) is 24.6 Å². The van der Waals surface area contributed by atoms with E-state index in [4.69, 9.17) is 4.74 Å². The van der Waals surface area contributed by atoms with Crippen LogP contribution in [0.4, 0.5) is 15.0 Å². The van der Waals surface area contributed by atoms with Crippen molar-refractivity contribution in [2.24, 2.45) is 0 Å². The number of rotatable bonds is 2. The topological polar surface area (TPSA) is 76.4 Å². The van der Waals surface area contributed by atoms with Gasteiger partial charge in [0.1, 0.15) is 29.4 Å². The Kier molecular flexibility index (Phi) is 5.52. The molecule has 3 aromatic heterocycles. The van der Waals surface area contributed by atoms with Gasteiger partial charge in [0.15, 0.2) is 5.65 Å². The SMILES string of the molecule is Cc1cn(-c2cc(F)ccn2)c2ncnc(N3C[C@@H](C)N(C(=O)OC(C)(C)C)C[C@@H]3C)c12. The van der Waals surface area contributed by atoms with Gasteiger partial charge in [-0.15, -0.1) is 0 Å². The molecule has 9 heteroatoms. The first-order valence-corrected chi connectivity index (χ1v) is 10.8. The molecule has 0 bridgehead atoms. The molecule has 4 heterocycles. The van der Waals surface area contributed by atoms with Crippen molar-refractivity contribution in [3.05, 3.63) is 42.2 Å². The average molecular weight is 441 g/mol. The summed E-state index contributed by atoms with van der Waals surface area (Å²) in [6, 6.07) is 2.66. The van der Waals surface area contributed by atoms with Crippen molar-refractivity contribution in [2.75, 3.05) is 18.0 Å². The van der Waals surface area contributed by atoms with Crippen molar-refractivity contribution in [1.82, 2.24) is 24.4 Å². The van der Waals surface area contributed by atoms with Crippen molar-refractivity contribution in [1.29, 1.82) is 0 Å². The third-order valence-electron chi connectivity index (χ3n) is 5.59. The minimum absolute atomic E-state index is 0.0202. The largest absolute Gasteiger partial charge is 0.444 e. The molecule has 3 aromatic rings. The normalized spacial score (nSPS) is 19.5. The molecule has 1 saturated heterocycles. The van der Waals surface area contributed by atoms with Crippen LogP contribution in [-0.2, 0) is 4.74 Å². The van der Waals surface area contributed by atoms with Gasteiger partial charge in [-0.2, -0.15) is 0 Å². The van der Waals surface area contributed by atoms with Gasteiger partial charge in [0.05, 0.1) is 5.39 Å². The number of ether oxygens (including phenoxy) is 1. The Labute approximate surface area is 187 Å². The molecular weight excluding hydrogens is 411 g/mol. The van der Waals surface area contributed by atoms with Crippen molar-refractivity contribution in [3.63, 3.8) is 0 Å². The van der Waals surface area contributed by atoms with Gasteiger partial charge in [0.2, 0.25) is 0 Å². The number of amides is 1. The second kappa shape index (κ2) is 8.03. The molecule has 0 radical (unpaired) electrons. The quantitative estimate of drug-likeness (QED) is 0.597. The fourth-order valence-electron chi connectivity index (χ4n) is 4.14. The first-order chi connectivity index (χ1) is 15.0. The van der Waals surface area contributed by atoms with E-state index in [0.717, 1.165) is 16.8 Å². The summed E-state index contributed by atoms with van der Waals surface area (Å²) in [4.78, 5) is 30.0. The molecule has 0 unspecified atom stereocenters. The summed E-state index contributed by atoms with van der Waals surface area (Å²) < 4.78 is 21.2. The number of hydrogen-bond acceptors (Lipinski definition) is 6. The zero-order valence-electron chi connectivity index (χ0n) is 19.3. The number of aromatic nitrogens is 4. The average Bonchev–Trinajstić information content (AvgIpc) is 3.05. The number of carbonyl (C=O) groups excluding carboxylic acids is 1. The van der Waals surface area contributed by atoms with E-state index >= 15 is 0 Å². The maximum Gasteiger partial charge on any atom is 0.410 e. The molecule has 0 saturated carbocycles. The van der Waals surface area contributed by atoms with Gasteiger partial charge in [-0.1, -0.05) is 0 Å². The fraction of sp³-hybridized carbons (Fsp3) is 0.478. The highest BCUT2D eigenvalue weighted by atomic mass is 19.1. The lowest BCUT2D eigenvalue weighted by Gasteiger charge is -2.44. The number of pyridine rings is 1. The molecule has 1 amide bonds. The van der Waals surface area contributed by atoms with E-state index in [1.807, 2.05) is 40.8 Å². The highest BCUT2D eigenvalue weighted by Gasteiger charge is 2.36. The van der Waals surface area contributed by atoms with E-state index in [9.17, 15) is 9.18 Å². The number of nitrogens with zero attached hydrogens (tertiary/aromatic N) is 6. The molecule has 0 N–H and O–H groups in total. The van der Waals surface area contributed by atoms with E-state index in [1.54, 1.807) is 9.47 Å². The second-order valence-electron chi connectivity index (χ2n) is 9.39. The van der Waals surface area contributed by atoms with Crippen LogP contribution in [0.2, 0.25) is 0 Å². The molecule has 1 aliphatic rings. The number of fused-ring (bicyclic) bond motifs is 1. The molecule has 0 spiro atoms. The number of piperazine rings is 1. The van der Waals surface area contributed by atoms with Gasteiger partial charge in [0.25, 0.3) is 0 Å². The Morgan fingerprint density at radius 1 is 1.16 bits per heavy atom. The van der Waals surface area contributed by atoms with E-state index in [-0.39, 0.29) is 24.0 Å².